The van der Waals surface area contributed by atoms with Crippen LogP contribution in [-0.4, -0.2) is 25.6 Å². The standard InChI is InChI=1S/C10H9N3O3/c1-6-11-4-7-8(12-6)2-3-13(10(7)16)5-9(14)15/h2-4H,5H2,1H3,(H,14,15). The molecule has 0 aliphatic heterocycles. The molecule has 6 nitrogen and oxygen atoms in total. The van der Waals surface area contributed by atoms with E-state index in [9.17, 15) is 9.59 Å². The molecule has 16 heavy (non-hydrogen) atoms. The lowest BCUT2D eigenvalue weighted by Gasteiger charge is -2.03. The smallest absolute Gasteiger partial charge is 0.323 e. The van der Waals surface area contributed by atoms with Crippen LogP contribution in [-0.2, 0) is 11.3 Å². The highest BCUT2D eigenvalue weighted by atomic mass is 16.4. The number of nitrogens with zero attached hydrogens (tertiary/aromatic N) is 3. The van der Waals surface area contributed by atoms with Crippen LogP contribution >= 0.6 is 0 Å². The predicted molar refractivity (Wildman–Crippen MR) is 56.2 cm³/mol. The van der Waals surface area contributed by atoms with Crippen molar-refractivity contribution in [2.24, 2.45) is 0 Å². The van der Waals surface area contributed by atoms with Crippen molar-refractivity contribution in [3.05, 3.63) is 34.6 Å². The third-order valence-electron chi connectivity index (χ3n) is 2.15. The molecule has 0 saturated carbocycles. The van der Waals surface area contributed by atoms with Gasteiger partial charge in [-0.15, -0.1) is 0 Å². The highest BCUT2D eigenvalue weighted by Gasteiger charge is 2.06. The minimum absolute atomic E-state index is 0.328. The third kappa shape index (κ3) is 1.77. The number of rotatable bonds is 2. The average molecular weight is 219 g/mol. The van der Waals surface area contributed by atoms with E-state index < -0.39 is 5.97 Å². The van der Waals surface area contributed by atoms with Gasteiger partial charge in [-0.2, -0.15) is 0 Å². The molecule has 0 unspecified atom stereocenters. The van der Waals surface area contributed by atoms with Crippen LogP contribution in [0.4, 0.5) is 0 Å². The summed E-state index contributed by atoms with van der Waals surface area (Å²) in [6.07, 6.45) is 2.84. The molecule has 2 aromatic rings. The van der Waals surface area contributed by atoms with Gasteiger partial charge in [0, 0.05) is 12.4 Å². The molecule has 0 bridgehead atoms. The normalized spacial score (nSPS) is 10.6. The number of carbonyl (C=O) groups is 1. The van der Waals surface area contributed by atoms with Crippen molar-refractivity contribution in [2.75, 3.05) is 0 Å². The van der Waals surface area contributed by atoms with Gasteiger partial charge in [0.05, 0.1) is 10.9 Å². The van der Waals surface area contributed by atoms with Gasteiger partial charge in [0.15, 0.2) is 0 Å². The zero-order chi connectivity index (χ0) is 11.7. The van der Waals surface area contributed by atoms with Crippen LogP contribution in [0.15, 0.2) is 23.3 Å². The number of aryl methyl sites for hydroxylation is 1. The van der Waals surface area contributed by atoms with Crippen LogP contribution in [0.2, 0.25) is 0 Å². The number of hydrogen-bond acceptors (Lipinski definition) is 4. The number of aromatic nitrogens is 3. The molecule has 6 heteroatoms. The fourth-order valence-corrected chi connectivity index (χ4v) is 1.43. The highest BCUT2D eigenvalue weighted by Crippen LogP contribution is 2.04. The van der Waals surface area contributed by atoms with Crippen molar-refractivity contribution in [3.63, 3.8) is 0 Å². The van der Waals surface area contributed by atoms with E-state index in [0.29, 0.717) is 16.7 Å². The summed E-state index contributed by atoms with van der Waals surface area (Å²) in [5.41, 5.74) is 0.138. The Bertz CT molecular complexity index is 618. The van der Waals surface area contributed by atoms with Crippen molar-refractivity contribution < 1.29 is 9.90 Å². The molecule has 0 aliphatic rings. The summed E-state index contributed by atoms with van der Waals surface area (Å²) in [5, 5.41) is 8.94. The van der Waals surface area contributed by atoms with Gasteiger partial charge in [-0.3, -0.25) is 9.59 Å². The highest BCUT2D eigenvalue weighted by molar-refractivity contribution is 5.76. The second-order valence-electron chi connectivity index (χ2n) is 3.36. The van der Waals surface area contributed by atoms with Gasteiger partial charge in [0.2, 0.25) is 0 Å². The Morgan fingerprint density at radius 2 is 2.31 bits per heavy atom. The van der Waals surface area contributed by atoms with Gasteiger partial charge < -0.3 is 9.67 Å². The summed E-state index contributed by atoms with van der Waals surface area (Å²) in [6, 6.07) is 1.61. The lowest BCUT2D eigenvalue weighted by molar-refractivity contribution is -0.137. The molecule has 0 amide bonds. The Morgan fingerprint density at radius 3 is 3.00 bits per heavy atom. The lowest BCUT2D eigenvalue weighted by atomic mass is 10.3. The fraction of sp³-hybridized carbons (Fsp3) is 0.200. The molecule has 2 heterocycles. The number of hydrogen-bond donors (Lipinski definition) is 1. The summed E-state index contributed by atoms with van der Waals surface area (Å²) >= 11 is 0. The van der Waals surface area contributed by atoms with E-state index in [0.717, 1.165) is 4.57 Å². The second kappa shape index (κ2) is 3.73. The number of fused-ring (bicyclic) bond motifs is 1. The number of aliphatic carboxylic acids is 1. The van der Waals surface area contributed by atoms with Gasteiger partial charge >= 0.3 is 5.97 Å². The molecular weight excluding hydrogens is 210 g/mol. The quantitative estimate of drug-likeness (QED) is 0.779. The maximum absolute atomic E-state index is 11.8. The summed E-state index contributed by atoms with van der Waals surface area (Å²) in [4.78, 5) is 30.3. The Labute approximate surface area is 90.2 Å². The Balaban J connectivity index is 2.66. The molecule has 0 radical (unpaired) electrons. The summed E-state index contributed by atoms with van der Waals surface area (Å²) in [5.74, 6) is -0.489. The number of carboxylic acid groups (broad SMARTS) is 1. The van der Waals surface area contributed by atoms with Gasteiger partial charge in [0.25, 0.3) is 5.56 Å². The van der Waals surface area contributed by atoms with Crippen LogP contribution in [0.5, 0.6) is 0 Å². The van der Waals surface area contributed by atoms with E-state index in [-0.39, 0.29) is 12.1 Å². The molecule has 2 rings (SSSR count). The van der Waals surface area contributed by atoms with Gasteiger partial charge in [-0.1, -0.05) is 0 Å². The van der Waals surface area contributed by atoms with Crippen molar-refractivity contribution >= 4 is 16.9 Å². The predicted octanol–water partition coefficient (Wildman–Crippen LogP) is 0.185. The van der Waals surface area contributed by atoms with E-state index in [1.54, 1.807) is 13.0 Å². The molecule has 0 fully saturated rings. The molecule has 0 saturated heterocycles. The van der Waals surface area contributed by atoms with Crippen LogP contribution < -0.4 is 5.56 Å². The number of carboxylic acids is 1. The minimum atomic E-state index is -1.06. The van der Waals surface area contributed by atoms with E-state index in [2.05, 4.69) is 9.97 Å². The Kier molecular flexibility index (Phi) is 2.40. The first kappa shape index (κ1) is 10.3. The van der Waals surface area contributed by atoms with Crippen molar-refractivity contribution in [2.45, 2.75) is 13.5 Å². The maximum atomic E-state index is 11.8. The van der Waals surface area contributed by atoms with Crippen LogP contribution in [0.25, 0.3) is 10.9 Å². The van der Waals surface area contributed by atoms with Crippen molar-refractivity contribution in [1.82, 2.24) is 14.5 Å². The first-order valence-corrected chi connectivity index (χ1v) is 4.62. The summed E-state index contributed by atoms with van der Waals surface area (Å²) < 4.78 is 1.11. The van der Waals surface area contributed by atoms with E-state index in [1.165, 1.54) is 12.4 Å². The third-order valence-corrected chi connectivity index (χ3v) is 2.15. The Hall–Kier alpha value is -2.24. The summed E-state index contributed by atoms with van der Waals surface area (Å²) in [6.45, 7) is 1.37. The molecular formula is C10H9N3O3. The zero-order valence-corrected chi connectivity index (χ0v) is 8.54. The van der Waals surface area contributed by atoms with Crippen LogP contribution in [0, 0.1) is 6.92 Å². The van der Waals surface area contributed by atoms with Crippen molar-refractivity contribution in [3.8, 4) is 0 Å². The molecule has 0 spiro atoms. The van der Waals surface area contributed by atoms with E-state index in [1.807, 2.05) is 0 Å². The monoisotopic (exact) mass is 219 g/mol. The maximum Gasteiger partial charge on any atom is 0.323 e. The topological polar surface area (TPSA) is 85.1 Å². The zero-order valence-electron chi connectivity index (χ0n) is 8.54. The number of pyridine rings is 1. The molecule has 0 aromatic carbocycles. The molecule has 82 valence electrons. The molecule has 0 aliphatic carbocycles. The van der Waals surface area contributed by atoms with Crippen LogP contribution in [0.1, 0.15) is 5.82 Å². The average Bonchev–Trinajstić information content (AvgIpc) is 2.22. The second-order valence-corrected chi connectivity index (χ2v) is 3.36. The first-order valence-electron chi connectivity index (χ1n) is 4.62. The lowest BCUT2D eigenvalue weighted by Crippen LogP contribution is -2.23. The fourth-order valence-electron chi connectivity index (χ4n) is 1.43. The van der Waals surface area contributed by atoms with E-state index in [4.69, 9.17) is 5.11 Å². The Morgan fingerprint density at radius 1 is 1.56 bits per heavy atom. The largest absolute Gasteiger partial charge is 0.480 e. The molecule has 1 N–H and O–H groups in total. The molecule has 2 aromatic heterocycles. The molecule has 0 atom stereocenters. The van der Waals surface area contributed by atoms with E-state index >= 15 is 0 Å². The van der Waals surface area contributed by atoms with Crippen molar-refractivity contribution in [1.29, 1.82) is 0 Å². The van der Waals surface area contributed by atoms with Gasteiger partial charge in [-0.05, 0) is 13.0 Å². The van der Waals surface area contributed by atoms with Gasteiger partial charge in [0.1, 0.15) is 12.4 Å². The summed E-state index contributed by atoms with van der Waals surface area (Å²) in [7, 11) is 0. The minimum Gasteiger partial charge on any atom is -0.480 e. The first-order chi connectivity index (χ1) is 7.58. The SMILES string of the molecule is Cc1ncc2c(=O)n(CC(=O)O)ccc2n1. The van der Waals surface area contributed by atoms with Crippen LogP contribution in [0.3, 0.4) is 0 Å². The van der Waals surface area contributed by atoms with Gasteiger partial charge in [-0.25, -0.2) is 9.97 Å².